The van der Waals surface area contributed by atoms with Crippen molar-refractivity contribution in [2.24, 2.45) is 0 Å². The molecule has 1 aliphatic heterocycles. The first-order chi connectivity index (χ1) is 18.7. The number of carbonyl (C=O) groups excluding carboxylic acids is 1. The van der Waals surface area contributed by atoms with Gasteiger partial charge in [0.2, 0.25) is 0 Å². The molecule has 0 atom stereocenters. The topological polar surface area (TPSA) is 124 Å². The summed E-state index contributed by atoms with van der Waals surface area (Å²) < 4.78 is 11.6. The smallest absolute Gasteiger partial charge is 0.410 e. The molecule has 4 aromatic rings. The van der Waals surface area contributed by atoms with E-state index in [0.29, 0.717) is 37.3 Å². The van der Waals surface area contributed by atoms with Crippen LogP contribution >= 0.6 is 0 Å². The lowest BCUT2D eigenvalue weighted by atomic mass is 10.1. The van der Waals surface area contributed by atoms with Crippen molar-refractivity contribution in [2.45, 2.75) is 27.0 Å². The molecular formula is C30H30N2O7. The third-order valence-electron chi connectivity index (χ3n) is 6.87. The Morgan fingerprint density at radius 3 is 2.23 bits per heavy atom. The summed E-state index contributed by atoms with van der Waals surface area (Å²) in [5.41, 5.74) is 3.76. The Balaban J connectivity index is 1.30. The average Bonchev–Trinajstić information content (AvgIpc) is 2.89. The van der Waals surface area contributed by atoms with Crippen molar-refractivity contribution >= 4 is 17.1 Å². The third-order valence-corrected chi connectivity index (χ3v) is 6.87. The van der Waals surface area contributed by atoms with Crippen molar-refractivity contribution in [2.75, 3.05) is 26.2 Å². The number of aromatic hydroxyl groups is 3. The van der Waals surface area contributed by atoms with Gasteiger partial charge in [0, 0.05) is 50.4 Å². The monoisotopic (exact) mass is 530 g/mol. The molecule has 1 aliphatic rings. The van der Waals surface area contributed by atoms with Crippen molar-refractivity contribution in [1.29, 1.82) is 0 Å². The average molecular weight is 531 g/mol. The van der Waals surface area contributed by atoms with Crippen LogP contribution in [0.3, 0.4) is 0 Å². The summed E-state index contributed by atoms with van der Waals surface area (Å²) >= 11 is 0. The van der Waals surface area contributed by atoms with Crippen molar-refractivity contribution in [3.8, 4) is 28.6 Å². The molecule has 0 unspecified atom stereocenters. The van der Waals surface area contributed by atoms with Gasteiger partial charge in [0.15, 0.2) is 11.0 Å². The number of ether oxygens (including phenoxy) is 1. The Labute approximate surface area is 225 Å². The van der Waals surface area contributed by atoms with Gasteiger partial charge in [-0.05, 0) is 43.7 Å². The Morgan fingerprint density at radius 1 is 0.897 bits per heavy atom. The first kappa shape index (κ1) is 26.1. The summed E-state index contributed by atoms with van der Waals surface area (Å²) in [6.45, 7) is 6.37. The van der Waals surface area contributed by atoms with Gasteiger partial charge < -0.3 is 29.4 Å². The van der Waals surface area contributed by atoms with Crippen LogP contribution in [0, 0.1) is 13.8 Å². The number of phenols is 3. The first-order valence-corrected chi connectivity index (χ1v) is 12.7. The molecule has 39 heavy (non-hydrogen) atoms. The van der Waals surface area contributed by atoms with Gasteiger partial charge in [-0.1, -0.05) is 29.3 Å². The summed E-state index contributed by atoms with van der Waals surface area (Å²) in [7, 11) is 0. The Kier molecular flexibility index (Phi) is 7.17. The molecule has 1 fully saturated rings. The van der Waals surface area contributed by atoms with Crippen molar-refractivity contribution < 1.29 is 29.3 Å². The minimum atomic E-state index is -0.450. The summed E-state index contributed by atoms with van der Waals surface area (Å²) in [5, 5.41) is 30.7. The highest BCUT2D eigenvalue weighted by Crippen LogP contribution is 2.36. The number of piperazine rings is 1. The molecule has 5 rings (SSSR count). The van der Waals surface area contributed by atoms with E-state index in [1.165, 1.54) is 18.2 Å². The highest BCUT2D eigenvalue weighted by atomic mass is 16.6. The van der Waals surface area contributed by atoms with Gasteiger partial charge in [-0.3, -0.25) is 9.69 Å². The number of rotatable bonds is 5. The maximum atomic E-state index is 12.9. The zero-order valence-electron chi connectivity index (χ0n) is 21.8. The zero-order chi connectivity index (χ0) is 27.7. The number of fused-ring (bicyclic) bond motifs is 1. The van der Waals surface area contributed by atoms with Gasteiger partial charge in [-0.15, -0.1) is 0 Å². The van der Waals surface area contributed by atoms with E-state index in [1.807, 2.05) is 30.9 Å². The largest absolute Gasteiger partial charge is 0.508 e. The normalized spacial score (nSPS) is 14.1. The fourth-order valence-electron chi connectivity index (χ4n) is 4.98. The molecule has 9 heteroatoms. The number of carbonyl (C=O) groups is 1. The standard InChI is InChI=1S/C30H30N2O7/c1-18-11-19(2)13-20(12-18)17-38-30(37)32-9-7-31(8-10-32)16-23-24(34)14-25(35)28-26(36)15-27(39-29(23)28)21-3-5-22(33)6-4-21/h3-6,11-15,33-35H,7-10,16-17H2,1-2H3. The Morgan fingerprint density at radius 2 is 1.56 bits per heavy atom. The van der Waals surface area contributed by atoms with Crippen LogP contribution in [-0.4, -0.2) is 57.4 Å². The highest BCUT2D eigenvalue weighted by molar-refractivity contribution is 5.89. The number of hydrogen-bond donors (Lipinski definition) is 3. The molecular weight excluding hydrogens is 500 g/mol. The van der Waals surface area contributed by atoms with Crippen LogP contribution in [0.1, 0.15) is 22.3 Å². The SMILES string of the molecule is Cc1cc(C)cc(COC(=O)N2CCN(Cc3c(O)cc(O)c4c(=O)cc(-c5ccc(O)cc5)oc34)CC2)c1. The minimum absolute atomic E-state index is 0.0149. The van der Waals surface area contributed by atoms with Crippen LogP contribution in [0.15, 0.2) is 63.8 Å². The van der Waals surface area contributed by atoms with Crippen LogP contribution in [-0.2, 0) is 17.9 Å². The quantitative estimate of drug-likeness (QED) is 0.341. The predicted molar refractivity (Wildman–Crippen MR) is 146 cm³/mol. The molecule has 1 saturated heterocycles. The van der Waals surface area contributed by atoms with Crippen LogP contribution < -0.4 is 5.43 Å². The molecule has 0 aliphatic carbocycles. The minimum Gasteiger partial charge on any atom is -0.508 e. The second-order valence-corrected chi connectivity index (χ2v) is 9.93. The van der Waals surface area contributed by atoms with Crippen LogP contribution in [0.25, 0.3) is 22.3 Å². The van der Waals surface area contributed by atoms with Crippen molar-refractivity contribution in [3.05, 3.63) is 87.1 Å². The number of amides is 1. The molecule has 0 bridgehead atoms. The van der Waals surface area contributed by atoms with E-state index >= 15 is 0 Å². The van der Waals surface area contributed by atoms with Gasteiger partial charge in [0.25, 0.3) is 0 Å². The van der Waals surface area contributed by atoms with E-state index in [2.05, 4.69) is 6.07 Å². The molecule has 9 nitrogen and oxygen atoms in total. The van der Waals surface area contributed by atoms with Gasteiger partial charge in [0.1, 0.15) is 35.0 Å². The maximum Gasteiger partial charge on any atom is 0.410 e. The fourth-order valence-corrected chi connectivity index (χ4v) is 4.98. The highest BCUT2D eigenvalue weighted by Gasteiger charge is 2.25. The van der Waals surface area contributed by atoms with E-state index < -0.39 is 5.43 Å². The second kappa shape index (κ2) is 10.7. The lowest BCUT2D eigenvalue weighted by Gasteiger charge is -2.34. The predicted octanol–water partition coefficient (Wildman–Crippen LogP) is 4.65. The molecule has 0 radical (unpaired) electrons. The summed E-state index contributed by atoms with van der Waals surface area (Å²) in [4.78, 5) is 29.3. The molecule has 1 amide bonds. The van der Waals surface area contributed by atoms with Crippen LogP contribution in [0.2, 0.25) is 0 Å². The zero-order valence-corrected chi connectivity index (χ0v) is 21.8. The summed E-state index contributed by atoms with van der Waals surface area (Å²) in [6.07, 6.45) is -0.378. The molecule has 0 saturated carbocycles. The molecule has 202 valence electrons. The Bertz CT molecular complexity index is 1570. The molecule has 1 aromatic heterocycles. The first-order valence-electron chi connectivity index (χ1n) is 12.7. The van der Waals surface area contributed by atoms with Gasteiger partial charge in [-0.2, -0.15) is 0 Å². The number of hydrogen-bond acceptors (Lipinski definition) is 8. The molecule has 3 aromatic carbocycles. The van der Waals surface area contributed by atoms with Gasteiger partial charge in [-0.25, -0.2) is 4.79 Å². The number of nitrogens with zero attached hydrogens (tertiary/aromatic N) is 2. The van der Waals surface area contributed by atoms with E-state index in [1.54, 1.807) is 17.0 Å². The van der Waals surface area contributed by atoms with Crippen molar-refractivity contribution in [1.82, 2.24) is 9.80 Å². The molecule has 3 N–H and O–H groups in total. The lowest BCUT2D eigenvalue weighted by Crippen LogP contribution is -2.48. The molecule has 0 spiro atoms. The number of phenolic OH excluding ortho intramolecular Hbond substituents is 3. The summed E-state index contributed by atoms with van der Waals surface area (Å²) in [5.74, 6) is -0.240. The van der Waals surface area contributed by atoms with E-state index in [9.17, 15) is 24.9 Å². The van der Waals surface area contributed by atoms with Crippen LogP contribution in [0.4, 0.5) is 4.79 Å². The number of benzene rings is 3. The second-order valence-electron chi connectivity index (χ2n) is 9.93. The van der Waals surface area contributed by atoms with Gasteiger partial charge >= 0.3 is 6.09 Å². The maximum absolute atomic E-state index is 12.9. The summed E-state index contributed by atoms with van der Waals surface area (Å²) in [6, 6.07) is 14.7. The van der Waals surface area contributed by atoms with E-state index in [0.717, 1.165) is 22.8 Å². The van der Waals surface area contributed by atoms with Crippen LogP contribution in [0.5, 0.6) is 17.2 Å². The van der Waals surface area contributed by atoms with Crippen molar-refractivity contribution in [3.63, 3.8) is 0 Å². The lowest BCUT2D eigenvalue weighted by molar-refractivity contribution is 0.0698. The Hall–Kier alpha value is -4.50. The third kappa shape index (κ3) is 5.68. The van der Waals surface area contributed by atoms with E-state index in [4.69, 9.17) is 9.15 Å². The van der Waals surface area contributed by atoms with E-state index in [-0.39, 0.29) is 53.2 Å². The van der Waals surface area contributed by atoms with Gasteiger partial charge in [0.05, 0.1) is 5.56 Å². The number of aryl methyl sites for hydroxylation is 2. The fraction of sp³-hybridized carbons (Fsp3) is 0.267. The molecule has 2 heterocycles.